The Labute approximate surface area is 162 Å². The first-order valence-corrected chi connectivity index (χ1v) is 10.5. The molecule has 0 fully saturated rings. The number of nitrogens with zero attached hydrogens (tertiary/aromatic N) is 2. The van der Waals surface area contributed by atoms with Gasteiger partial charge in [-0.25, -0.2) is 8.42 Å². The molecule has 0 atom stereocenters. The van der Waals surface area contributed by atoms with E-state index < -0.39 is 15.7 Å². The Morgan fingerprint density at radius 1 is 1.23 bits per heavy atom. The van der Waals surface area contributed by atoms with E-state index >= 15 is 0 Å². The number of thiophene rings is 1. The van der Waals surface area contributed by atoms with Crippen molar-refractivity contribution < 1.29 is 17.6 Å². The Kier molecular flexibility index (Phi) is 5.33. The Bertz CT molecular complexity index is 1060. The maximum Gasteiger partial charge on any atom is 0.322 e. The second kappa shape index (κ2) is 7.36. The standard InChI is InChI=1S/C15H11Cl2N3O4S2/c1-2-26(22,23)9-5-3-8(4-6-9)13(21)18-15-20-19-14(24-15)10-7-11(16)25-12(10)17/h3-7H,2H2,1H3,(H,18,20,21). The van der Waals surface area contributed by atoms with Crippen molar-refractivity contribution in [1.82, 2.24) is 10.2 Å². The zero-order valence-electron chi connectivity index (χ0n) is 13.2. The Hall–Kier alpha value is -1.94. The van der Waals surface area contributed by atoms with E-state index in [4.69, 9.17) is 27.6 Å². The molecule has 2 aromatic heterocycles. The van der Waals surface area contributed by atoms with E-state index in [1.165, 1.54) is 24.3 Å². The van der Waals surface area contributed by atoms with Crippen molar-refractivity contribution in [3.63, 3.8) is 0 Å². The van der Waals surface area contributed by atoms with Crippen LogP contribution in [0.1, 0.15) is 17.3 Å². The number of rotatable bonds is 5. The third-order valence-electron chi connectivity index (χ3n) is 3.39. The molecule has 0 bridgehead atoms. The van der Waals surface area contributed by atoms with Crippen LogP contribution >= 0.6 is 34.5 Å². The predicted octanol–water partition coefficient (Wildman–Crippen LogP) is 4.15. The van der Waals surface area contributed by atoms with Crippen LogP contribution in [0.3, 0.4) is 0 Å². The van der Waals surface area contributed by atoms with Gasteiger partial charge in [-0.1, -0.05) is 35.2 Å². The molecule has 11 heteroatoms. The molecule has 0 spiro atoms. The lowest BCUT2D eigenvalue weighted by Gasteiger charge is -2.03. The van der Waals surface area contributed by atoms with Gasteiger partial charge in [-0.3, -0.25) is 10.1 Å². The molecule has 7 nitrogen and oxygen atoms in total. The summed E-state index contributed by atoms with van der Waals surface area (Å²) in [6, 6.07) is 7.03. The van der Waals surface area contributed by atoms with Crippen LogP contribution in [0.4, 0.5) is 6.01 Å². The molecular formula is C15H11Cl2N3O4S2. The first-order chi connectivity index (χ1) is 12.3. The van der Waals surface area contributed by atoms with Crippen molar-refractivity contribution in [1.29, 1.82) is 0 Å². The summed E-state index contributed by atoms with van der Waals surface area (Å²) in [7, 11) is -3.32. The van der Waals surface area contributed by atoms with Crippen LogP contribution in [0.5, 0.6) is 0 Å². The van der Waals surface area contributed by atoms with E-state index in [0.717, 1.165) is 11.3 Å². The van der Waals surface area contributed by atoms with Gasteiger partial charge in [0.25, 0.3) is 11.8 Å². The van der Waals surface area contributed by atoms with Gasteiger partial charge in [-0.2, -0.15) is 0 Å². The number of benzene rings is 1. The Morgan fingerprint density at radius 2 is 1.92 bits per heavy atom. The first kappa shape index (κ1) is 18.8. The molecule has 3 rings (SSSR count). The summed E-state index contributed by atoms with van der Waals surface area (Å²) in [4.78, 5) is 12.4. The van der Waals surface area contributed by atoms with Crippen molar-refractivity contribution in [2.24, 2.45) is 0 Å². The average molecular weight is 432 g/mol. The molecule has 0 unspecified atom stereocenters. The van der Waals surface area contributed by atoms with Crippen LogP contribution in [-0.4, -0.2) is 30.3 Å². The number of hydrogen-bond acceptors (Lipinski definition) is 7. The van der Waals surface area contributed by atoms with Crippen molar-refractivity contribution in [2.75, 3.05) is 11.1 Å². The highest BCUT2D eigenvalue weighted by Gasteiger charge is 2.18. The van der Waals surface area contributed by atoms with E-state index in [1.807, 2.05) is 0 Å². The minimum atomic E-state index is -3.32. The highest BCUT2D eigenvalue weighted by atomic mass is 35.5. The van der Waals surface area contributed by atoms with Gasteiger partial charge in [0, 0.05) is 5.56 Å². The van der Waals surface area contributed by atoms with Gasteiger partial charge in [-0.15, -0.1) is 16.4 Å². The van der Waals surface area contributed by atoms with E-state index in [0.29, 0.717) is 14.2 Å². The maximum atomic E-state index is 12.2. The average Bonchev–Trinajstić information content (AvgIpc) is 3.20. The number of carbonyl (C=O) groups excluding carboxylic acids is 1. The maximum absolute atomic E-state index is 12.2. The van der Waals surface area contributed by atoms with Crippen LogP contribution in [0.2, 0.25) is 8.67 Å². The van der Waals surface area contributed by atoms with Crippen molar-refractivity contribution >= 4 is 56.3 Å². The van der Waals surface area contributed by atoms with Crippen LogP contribution in [0.15, 0.2) is 39.6 Å². The number of carbonyl (C=O) groups is 1. The molecule has 26 heavy (non-hydrogen) atoms. The molecule has 0 saturated heterocycles. The van der Waals surface area contributed by atoms with Gasteiger partial charge in [0.15, 0.2) is 9.84 Å². The number of anilines is 1. The molecule has 136 valence electrons. The number of halogens is 2. The number of aromatic nitrogens is 2. The van der Waals surface area contributed by atoms with E-state index in [1.54, 1.807) is 13.0 Å². The summed E-state index contributed by atoms with van der Waals surface area (Å²) in [5.41, 5.74) is 0.722. The van der Waals surface area contributed by atoms with Crippen LogP contribution in [0, 0.1) is 0 Å². The summed E-state index contributed by atoms with van der Waals surface area (Å²) < 4.78 is 29.8. The fourth-order valence-electron chi connectivity index (χ4n) is 2.02. The molecule has 3 aromatic rings. The highest BCUT2D eigenvalue weighted by molar-refractivity contribution is 7.91. The largest absolute Gasteiger partial charge is 0.403 e. The van der Waals surface area contributed by atoms with E-state index in [2.05, 4.69) is 15.5 Å². The van der Waals surface area contributed by atoms with E-state index in [-0.39, 0.29) is 28.1 Å². The molecule has 1 amide bonds. The van der Waals surface area contributed by atoms with Crippen molar-refractivity contribution in [3.8, 4) is 11.5 Å². The fraction of sp³-hybridized carbons (Fsp3) is 0.133. The quantitative estimate of drug-likeness (QED) is 0.650. The van der Waals surface area contributed by atoms with Gasteiger partial charge >= 0.3 is 6.01 Å². The Balaban J connectivity index is 1.76. The third kappa shape index (κ3) is 3.90. The minimum absolute atomic E-state index is 0.0154. The number of sulfone groups is 1. The molecule has 0 saturated carbocycles. The molecule has 1 aromatic carbocycles. The molecule has 0 radical (unpaired) electrons. The number of hydrogen-bond donors (Lipinski definition) is 1. The summed E-state index contributed by atoms with van der Waals surface area (Å²) >= 11 is 13.1. The first-order valence-electron chi connectivity index (χ1n) is 7.23. The summed E-state index contributed by atoms with van der Waals surface area (Å²) in [5.74, 6) is -0.411. The normalized spacial score (nSPS) is 11.5. The van der Waals surface area contributed by atoms with Crippen molar-refractivity contribution in [2.45, 2.75) is 11.8 Å². The van der Waals surface area contributed by atoms with Gasteiger partial charge in [-0.05, 0) is 30.3 Å². The monoisotopic (exact) mass is 431 g/mol. The summed E-state index contributed by atoms with van der Waals surface area (Å²) in [6.07, 6.45) is 0. The van der Waals surface area contributed by atoms with Gasteiger partial charge in [0.2, 0.25) is 0 Å². The van der Waals surface area contributed by atoms with Gasteiger partial charge in [0.05, 0.1) is 20.5 Å². The van der Waals surface area contributed by atoms with E-state index in [9.17, 15) is 13.2 Å². The lowest BCUT2D eigenvalue weighted by atomic mass is 10.2. The SMILES string of the molecule is CCS(=O)(=O)c1ccc(C(=O)Nc2nnc(-c3cc(Cl)sc3Cl)o2)cc1. The summed E-state index contributed by atoms with van der Waals surface area (Å²) in [5, 5.41) is 10.0. The zero-order chi connectivity index (χ0) is 18.9. The van der Waals surface area contributed by atoms with Crippen LogP contribution in [-0.2, 0) is 9.84 Å². The highest BCUT2D eigenvalue weighted by Crippen LogP contribution is 2.37. The smallest absolute Gasteiger partial charge is 0.322 e. The van der Waals surface area contributed by atoms with Crippen molar-refractivity contribution in [3.05, 3.63) is 44.6 Å². The predicted molar refractivity (Wildman–Crippen MR) is 99.8 cm³/mol. The molecule has 0 aliphatic heterocycles. The molecule has 1 N–H and O–H groups in total. The molecular weight excluding hydrogens is 421 g/mol. The summed E-state index contributed by atoms with van der Waals surface area (Å²) in [6.45, 7) is 1.55. The minimum Gasteiger partial charge on any atom is -0.403 e. The second-order valence-electron chi connectivity index (χ2n) is 5.03. The number of nitrogens with one attached hydrogen (secondary N) is 1. The van der Waals surface area contributed by atoms with Crippen LogP contribution in [0.25, 0.3) is 11.5 Å². The zero-order valence-corrected chi connectivity index (χ0v) is 16.3. The third-order valence-corrected chi connectivity index (χ3v) is 6.63. The lowest BCUT2D eigenvalue weighted by Crippen LogP contribution is -2.12. The molecule has 2 heterocycles. The Morgan fingerprint density at radius 3 is 2.50 bits per heavy atom. The fourth-order valence-corrected chi connectivity index (χ4v) is 4.35. The van der Waals surface area contributed by atoms with Gasteiger partial charge in [0.1, 0.15) is 4.34 Å². The van der Waals surface area contributed by atoms with Gasteiger partial charge < -0.3 is 4.42 Å². The molecule has 0 aliphatic rings. The van der Waals surface area contributed by atoms with Crippen LogP contribution < -0.4 is 5.32 Å². The second-order valence-corrected chi connectivity index (χ2v) is 9.60. The number of amides is 1. The lowest BCUT2D eigenvalue weighted by molar-refractivity contribution is 0.102. The topological polar surface area (TPSA) is 102 Å². The molecule has 0 aliphatic carbocycles.